The number of anilines is 1. The predicted molar refractivity (Wildman–Crippen MR) is 91.4 cm³/mol. The zero-order valence-electron chi connectivity index (χ0n) is 13.8. The van der Waals surface area contributed by atoms with Crippen LogP contribution in [0.25, 0.3) is 0 Å². The first-order valence-corrected chi connectivity index (χ1v) is 8.43. The molecule has 1 fully saturated rings. The van der Waals surface area contributed by atoms with E-state index in [-0.39, 0.29) is 17.7 Å². The van der Waals surface area contributed by atoms with Crippen molar-refractivity contribution >= 4 is 17.5 Å². The van der Waals surface area contributed by atoms with E-state index in [1.165, 1.54) is 17.2 Å². The smallest absolute Gasteiger partial charge is 0.245 e. The highest BCUT2D eigenvalue weighted by atomic mass is 16.2. The highest BCUT2D eigenvalue weighted by molar-refractivity contribution is 5.96. The van der Waals surface area contributed by atoms with Crippen molar-refractivity contribution in [1.29, 1.82) is 0 Å². The Morgan fingerprint density at radius 3 is 2.65 bits per heavy atom. The van der Waals surface area contributed by atoms with Gasteiger partial charge in [0, 0.05) is 31.2 Å². The van der Waals surface area contributed by atoms with Crippen LogP contribution < -0.4 is 4.90 Å². The summed E-state index contributed by atoms with van der Waals surface area (Å²) in [6, 6.07) is 6.22. The van der Waals surface area contributed by atoms with Gasteiger partial charge in [-0.2, -0.15) is 0 Å². The van der Waals surface area contributed by atoms with E-state index in [2.05, 4.69) is 25.6 Å². The molecular weight excluding hydrogens is 288 g/mol. The van der Waals surface area contributed by atoms with Crippen LogP contribution >= 0.6 is 0 Å². The Morgan fingerprint density at radius 2 is 1.96 bits per heavy atom. The number of carbonyl (C=O) groups excluding carboxylic acids is 2. The number of rotatable bonds is 2. The van der Waals surface area contributed by atoms with Crippen LogP contribution in [0.2, 0.25) is 0 Å². The third-order valence-corrected chi connectivity index (χ3v) is 5.08. The normalized spacial score (nSPS) is 18.5. The Hall–Kier alpha value is -2.10. The second kappa shape index (κ2) is 6.57. The maximum atomic E-state index is 13.0. The fourth-order valence-electron chi connectivity index (χ4n) is 3.72. The van der Waals surface area contributed by atoms with Crippen LogP contribution in [-0.2, 0) is 16.0 Å². The van der Waals surface area contributed by atoms with Crippen molar-refractivity contribution in [3.05, 3.63) is 42.0 Å². The molecule has 0 bridgehead atoms. The van der Waals surface area contributed by atoms with Crippen molar-refractivity contribution < 1.29 is 9.59 Å². The number of nitrogens with zero attached hydrogens (tertiary/aromatic N) is 2. The van der Waals surface area contributed by atoms with E-state index in [0.717, 1.165) is 37.9 Å². The van der Waals surface area contributed by atoms with Crippen molar-refractivity contribution in [1.82, 2.24) is 4.90 Å². The molecule has 2 amide bonds. The fourth-order valence-corrected chi connectivity index (χ4v) is 3.72. The molecule has 4 heteroatoms. The highest BCUT2D eigenvalue weighted by Gasteiger charge is 2.32. The minimum atomic E-state index is -0.0326. The standard InChI is InChI=1S/C19H24N2O2/c1-3-18(22)20-12-9-15(10-13-20)19(23)21-11-5-7-16-14(2)6-4-8-17(16)21/h3-4,6,8,15H,1,5,7,9-13H2,2H3. The first-order chi connectivity index (χ1) is 11.1. The number of likely N-dealkylation sites (tertiary alicyclic amines) is 1. The van der Waals surface area contributed by atoms with Crippen LogP contribution in [-0.4, -0.2) is 36.3 Å². The molecule has 1 aromatic rings. The van der Waals surface area contributed by atoms with Crippen LogP contribution in [0, 0.1) is 12.8 Å². The maximum absolute atomic E-state index is 13.0. The average Bonchev–Trinajstić information content (AvgIpc) is 2.60. The monoisotopic (exact) mass is 312 g/mol. The van der Waals surface area contributed by atoms with Crippen LogP contribution in [0.5, 0.6) is 0 Å². The quantitative estimate of drug-likeness (QED) is 0.788. The average molecular weight is 312 g/mol. The lowest BCUT2D eigenvalue weighted by Gasteiger charge is -2.36. The Morgan fingerprint density at radius 1 is 1.22 bits per heavy atom. The van der Waals surface area contributed by atoms with Gasteiger partial charge in [0.2, 0.25) is 11.8 Å². The lowest BCUT2D eigenvalue weighted by atomic mass is 9.92. The molecule has 0 unspecified atom stereocenters. The Labute approximate surface area is 137 Å². The van der Waals surface area contributed by atoms with Gasteiger partial charge in [0.25, 0.3) is 0 Å². The molecule has 122 valence electrons. The SMILES string of the molecule is C=CC(=O)N1CCC(C(=O)N2CCCc3c(C)cccc32)CC1. The minimum absolute atomic E-state index is 0.0235. The van der Waals surface area contributed by atoms with E-state index in [1.807, 2.05) is 11.0 Å². The van der Waals surface area contributed by atoms with E-state index in [4.69, 9.17) is 0 Å². The predicted octanol–water partition coefficient (Wildman–Crippen LogP) is 2.70. The topological polar surface area (TPSA) is 40.6 Å². The summed E-state index contributed by atoms with van der Waals surface area (Å²) in [7, 11) is 0. The first-order valence-electron chi connectivity index (χ1n) is 8.43. The minimum Gasteiger partial charge on any atom is -0.339 e. The molecule has 23 heavy (non-hydrogen) atoms. The number of fused-ring (bicyclic) bond motifs is 1. The second-order valence-corrected chi connectivity index (χ2v) is 6.47. The molecule has 0 spiro atoms. The van der Waals surface area contributed by atoms with Gasteiger partial charge in [-0.15, -0.1) is 0 Å². The molecular formula is C19H24N2O2. The molecule has 2 aliphatic heterocycles. The van der Waals surface area contributed by atoms with Gasteiger partial charge in [0.1, 0.15) is 0 Å². The molecule has 1 aromatic carbocycles. The number of benzene rings is 1. The zero-order valence-corrected chi connectivity index (χ0v) is 13.8. The second-order valence-electron chi connectivity index (χ2n) is 6.47. The van der Waals surface area contributed by atoms with Crippen molar-refractivity contribution in [3.63, 3.8) is 0 Å². The Kier molecular flexibility index (Phi) is 4.51. The van der Waals surface area contributed by atoms with Crippen molar-refractivity contribution in [2.75, 3.05) is 24.5 Å². The number of piperidine rings is 1. The molecule has 0 saturated carbocycles. The van der Waals surface area contributed by atoms with Gasteiger partial charge in [-0.05, 0) is 55.9 Å². The third kappa shape index (κ3) is 3.03. The highest BCUT2D eigenvalue weighted by Crippen LogP contribution is 2.32. The Bertz CT molecular complexity index is 630. The molecule has 2 heterocycles. The molecule has 2 aliphatic rings. The van der Waals surface area contributed by atoms with Gasteiger partial charge in [-0.1, -0.05) is 18.7 Å². The molecule has 0 atom stereocenters. The fraction of sp³-hybridized carbons (Fsp3) is 0.474. The lowest BCUT2D eigenvalue weighted by molar-refractivity contribution is -0.131. The molecule has 0 N–H and O–H groups in total. The van der Waals surface area contributed by atoms with Gasteiger partial charge in [-0.25, -0.2) is 0 Å². The van der Waals surface area contributed by atoms with Crippen LogP contribution in [0.4, 0.5) is 5.69 Å². The van der Waals surface area contributed by atoms with Gasteiger partial charge in [0.05, 0.1) is 0 Å². The first kappa shape index (κ1) is 15.8. The number of amides is 2. The van der Waals surface area contributed by atoms with Gasteiger partial charge in [0.15, 0.2) is 0 Å². The van der Waals surface area contributed by atoms with Gasteiger partial charge < -0.3 is 9.80 Å². The molecule has 3 rings (SSSR count). The van der Waals surface area contributed by atoms with E-state index in [0.29, 0.717) is 13.1 Å². The summed E-state index contributed by atoms with van der Waals surface area (Å²) in [4.78, 5) is 28.4. The zero-order chi connectivity index (χ0) is 16.4. The molecule has 1 saturated heterocycles. The molecule has 4 nitrogen and oxygen atoms in total. The largest absolute Gasteiger partial charge is 0.339 e. The van der Waals surface area contributed by atoms with E-state index < -0.39 is 0 Å². The summed E-state index contributed by atoms with van der Waals surface area (Å²) < 4.78 is 0. The number of hydrogen-bond donors (Lipinski definition) is 0. The van der Waals surface area contributed by atoms with E-state index in [9.17, 15) is 9.59 Å². The molecule has 0 aromatic heterocycles. The molecule has 0 aliphatic carbocycles. The third-order valence-electron chi connectivity index (χ3n) is 5.08. The van der Waals surface area contributed by atoms with E-state index in [1.54, 1.807) is 4.90 Å². The summed E-state index contributed by atoms with van der Waals surface area (Å²) in [5, 5.41) is 0. The van der Waals surface area contributed by atoms with Crippen molar-refractivity contribution in [3.8, 4) is 0 Å². The van der Waals surface area contributed by atoms with E-state index >= 15 is 0 Å². The Balaban J connectivity index is 1.72. The number of aryl methyl sites for hydroxylation is 1. The summed E-state index contributed by atoms with van der Waals surface area (Å²) in [5.74, 6) is 0.215. The summed E-state index contributed by atoms with van der Waals surface area (Å²) in [5.41, 5.74) is 3.67. The van der Waals surface area contributed by atoms with Crippen LogP contribution in [0.1, 0.15) is 30.4 Å². The summed E-state index contributed by atoms with van der Waals surface area (Å²) in [6.07, 6.45) is 4.92. The van der Waals surface area contributed by atoms with Gasteiger partial charge >= 0.3 is 0 Å². The van der Waals surface area contributed by atoms with Crippen molar-refractivity contribution in [2.45, 2.75) is 32.6 Å². The summed E-state index contributed by atoms with van der Waals surface area (Å²) >= 11 is 0. The number of carbonyl (C=O) groups is 2. The summed E-state index contributed by atoms with van der Waals surface area (Å²) in [6.45, 7) is 7.75. The van der Waals surface area contributed by atoms with Crippen LogP contribution in [0.3, 0.4) is 0 Å². The maximum Gasteiger partial charge on any atom is 0.245 e. The van der Waals surface area contributed by atoms with Crippen LogP contribution in [0.15, 0.2) is 30.9 Å². The molecule has 0 radical (unpaired) electrons. The van der Waals surface area contributed by atoms with Gasteiger partial charge in [-0.3, -0.25) is 9.59 Å². The lowest BCUT2D eigenvalue weighted by Crippen LogP contribution is -2.45. The van der Waals surface area contributed by atoms with Crippen molar-refractivity contribution in [2.24, 2.45) is 5.92 Å². The number of hydrogen-bond acceptors (Lipinski definition) is 2.